The fourth-order valence-corrected chi connectivity index (χ4v) is 3.62. The van der Waals surface area contributed by atoms with E-state index in [2.05, 4.69) is 30.9 Å². The first-order valence-corrected chi connectivity index (χ1v) is 8.87. The Hall–Kier alpha value is -1.64. The zero-order chi connectivity index (χ0) is 18.7. The monoisotopic (exact) mass is 432 g/mol. The van der Waals surface area contributed by atoms with Crippen molar-refractivity contribution in [1.29, 1.82) is 0 Å². The number of nitrogens with one attached hydrogen (secondary N) is 1. The quantitative estimate of drug-likeness (QED) is 0.720. The highest BCUT2D eigenvalue weighted by atomic mass is 79.9. The molecule has 1 N–H and O–H groups in total. The van der Waals surface area contributed by atoms with Crippen LogP contribution < -0.4 is 10.1 Å². The summed E-state index contributed by atoms with van der Waals surface area (Å²) < 4.78 is 55.5. The van der Waals surface area contributed by atoms with E-state index in [1.165, 1.54) is 24.3 Å². The highest BCUT2D eigenvalue weighted by Crippen LogP contribution is 2.33. The molecule has 1 heterocycles. The van der Waals surface area contributed by atoms with E-state index in [9.17, 15) is 17.6 Å². The molecule has 3 nitrogen and oxygen atoms in total. The Morgan fingerprint density at radius 2 is 1.65 bits per heavy atom. The third-order valence-corrected chi connectivity index (χ3v) is 4.60. The van der Waals surface area contributed by atoms with Gasteiger partial charge in [-0.3, -0.25) is 4.90 Å². The molecule has 2 aromatic carbocycles. The summed E-state index contributed by atoms with van der Waals surface area (Å²) in [6, 6.07) is 10.1. The molecule has 0 aliphatic carbocycles. The number of halogens is 5. The summed E-state index contributed by atoms with van der Waals surface area (Å²) >= 11 is 3.31. The van der Waals surface area contributed by atoms with Gasteiger partial charge in [0, 0.05) is 30.7 Å². The lowest BCUT2D eigenvalue weighted by molar-refractivity contribution is -0.274. The van der Waals surface area contributed by atoms with E-state index in [0.717, 1.165) is 37.3 Å². The maximum absolute atomic E-state index is 13.9. The zero-order valence-electron chi connectivity index (χ0n) is 13.7. The zero-order valence-corrected chi connectivity index (χ0v) is 15.3. The van der Waals surface area contributed by atoms with E-state index < -0.39 is 6.36 Å². The number of rotatable bonds is 4. The standard InChI is InChI=1S/C18H17BrF4N2O/c19-14-9-13(10-15(20)11-14)17(25-7-5-24-6-8-25)12-1-3-16(4-2-12)26-18(21,22)23/h1-4,9-11,17,24H,5-8H2/t17-/m1/s1. The average molecular weight is 433 g/mol. The Balaban J connectivity index is 1.94. The predicted molar refractivity (Wildman–Crippen MR) is 93.5 cm³/mol. The number of benzene rings is 2. The number of hydrogen-bond acceptors (Lipinski definition) is 3. The van der Waals surface area contributed by atoms with Crippen molar-refractivity contribution in [3.05, 3.63) is 63.9 Å². The first kappa shape index (κ1) is 19.1. The first-order valence-electron chi connectivity index (χ1n) is 8.08. The van der Waals surface area contributed by atoms with Crippen molar-refractivity contribution < 1.29 is 22.3 Å². The van der Waals surface area contributed by atoms with E-state index in [4.69, 9.17) is 0 Å². The van der Waals surface area contributed by atoms with Gasteiger partial charge in [0.05, 0.1) is 6.04 Å². The summed E-state index contributed by atoms with van der Waals surface area (Å²) in [6.07, 6.45) is -4.73. The first-order chi connectivity index (χ1) is 12.3. The molecule has 0 spiro atoms. The molecular formula is C18H17BrF4N2O. The topological polar surface area (TPSA) is 24.5 Å². The fraction of sp³-hybridized carbons (Fsp3) is 0.333. The van der Waals surface area contributed by atoms with Gasteiger partial charge in [-0.05, 0) is 41.5 Å². The van der Waals surface area contributed by atoms with E-state index in [1.807, 2.05) is 6.07 Å². The van der Waals surface area contributed by atoms with E-state index in [0.29, 0.717) is 4.47 Å². The number of hydrogen-bond donors (Lipinski definition) is 1. The second-order valence-corrected chi connectivity index (χ2v) is 6.92. The lowest BCUT2D eigenvalue weighted by atomic mass is 9.96. The lowest BCUT2D eigenvalue weighted by Gasteiger charge is -2.35. The highest BCUT2D eigenvalue weighted by molar-refractivity contribution is 9.10. The minimum Gasteiger partial charge on any atom is -0.406 e. The van der Waals surface area contributed by atoms with Crippen LogP contribution in [0.15, 0.2) is 46.9 Å². The number of nitrogens with zero attached hydrogens (tertiary/aromatic N) is 1. The molecule has 1 atom stereocenters. The minimum absolute atomic E-state index is 0.260. The van der Waals surface area contributed by atoms with Crippen molar-refractivity contribution in [2.75, 3.05) is 26.2 Å². The Bertz CT molecular complexity index is 726. The van der Waals surface area contributed by atoms with Crippen LogP contribution in [0, 0.1) is 5.82 Å². The minimum atomic E-state index is -4.73. The van der Waals surface area contributed by atoms with E-state index in [1.54, 1.807) is 12.1 Å². The molecule has 1 aliphatic heterocycles. The van der Waals surface area contributed by atoms with Gasteiger partial charge in [-0.25, -0.2) is 4.39 Å². The van der Waals surface area contributed by atoms with Gasteiger partial charge in [-0.2, -0.15) is 0 Å². The van der Waals surface area contributed by atoms with Gasteiger partial charge in [0.1, 0.15) is 11.6 Å². The second kappa shape index (κ2) is 7.94. The van der Waals surface area contributed by atoms with Crippen LogP contribution in [0.4, 0.5) is 17.6 Å². The Morgan fingerprint density at radius 1 is 1.00 bits per heavy atom. The summed E-state index contributed by atoms with van der Waals surface area (Å²) in [5.74, 6) is -0.646. The highest BCUT2D eigenvalue weighted by Gasteiger charge is 2.31. The number of piperazine rings is 1. The van der Waals surface area contributed by atoms with Crippen LogP contribution in [0.5, 0.6) is 5.75 Å². The van der Waals surface area contributed by atoms with Gasteiger partial charge in [0.2, 0.25) is 0 Å². The van der Waals surface area contributed by atoms with Crippen molar-refractivity contribution >= 4 is 15.9 Å². The molecule has 0 unspecified atom stereocenters. The van der Waals surface area contributed by atoms with Crippen LogP contribution >= 0.6 is 15.9 Å². The molecule has 0 amide bonds. The van der Waals surface area contributed by atoms with Gasteiger partial charge in [0.25, 0.3) is 0 Å². The Kier molecular flexibility index (Phi) is 5.84. The molecule has 1 saturated heterocycles. The summed E-state index contributed by atoms with van der Waals surface area (Å²) in [6.45, 7) is 3.09. The number of alkyl halides is 3. The third-order valence-electron chi connectivity index (χ3n) is 4.15. The van der Waals surface area contributed by atoms with Gasteiger partial charge >= 0.3 is 6.36 Å². The van der Waals surface area contributed by atoms with Crippen LogP contribution in [0.3, 0.4) is 0 Å². The van der Waals surface area contributed by atoms with Crippen LogP contribution in [0.25, 0.3) is 0 Å². The largest absolute Gasteiger partial charge is 0.573 e. The van der Waals surface area contributed by atoms with Crippen LogP contribution in [-0.4, -0.2) is 37.4 Å². The maximum Gasteiger partial charge on any atom is 0.573 e. The lowest BCUT2D eigenvalue weighted by Crippen LogP contribution is -2.45. The van der Waals surface area contributed by atoms with E-state index >= 15 is 0 Å². The molecular weight excluding hydrogens is 416 g/mol. The molecule has 0 radical (unpaired) electrons. The summed E-state index contributed by atoms with van der Waals surface area (Å²) in [7, 11) is 0. The van der Waals surface area contributed by atoms with Crippen LogP contribution in [-0.2, 0) is 0 Å². The molecule has 3 rings (SSSR count). The number of ether oxygens (including phenoxy) is 1. The van der Waals surface area contributed by atoms with Gasteiger partial charge in [-0.1, -0.05) is 28.1 Å². The van der Waals surface area contributed by atoms with Crippen molar-refractivity contribution in [3.8, 4) is 5.75 Å². The summed E-state index contributed by atoms with van der Waals surface area (Å²) in [5, 5.41) is 3.26. The summed E-state index contributed by atoms with van der Waals surface area (Å²) in [5.41, 5.74) is 1.52. The molecule has 1 aliphatic rings. The summed E-state index contributed by atoms with van der Waals surface area (Å²) in [4.78, 5) is 2.18. The van der Waals surface area contributed by atoms with Crippen LogP contribution in [0.1, 0.15) is 17.2 Å². The van der Waals surface area contributed by atoms with Crippen molar-refractivity contribution in [3.63, 3.8) is 0 Å². The third kappa shape index (κ3) is 4.96. The fourth-order valence-electron chi connectivity index (χ4n) is 3.14. The smallest absolute Gasteiger partial charge is 0.406 e. The Morgan fingerprint density at radius 3 is 2.23 bits per heavy atom. The molecule has 140 valence electrons. The molecule has 0 saturated carbocycles. The second-order valence-electron chi connectivity index (χ2n) is 6.01. The molecule has 0 aromatic heterocycles. The normalized spacial score (nSPS) is 17.1. The molecule has 1 fully saturated rings. The van der Waals surface area contributed by atoms with Crippen LogP contribution in [0.2, 0.25) is 0 Å². The Labute approximate surface area is 157 Å². The average Bonchev–Trinajstić information content (AvgIpc) is 2.55. The molecule has 2 aromatic rings. The maximum atomic E-state index is 13.9. The molecule has 8 heteroatoms. The van der Waals surface area contributed by atoms with Gasteiger partial charge < -0.3 is 10.1 Å². The van der Waals surface area contributed by atoms with Crippen molar-refractivity contribution in [2.45, 2.75) is 12.4 Å². The SMILES string of the molecule is Fc1cc(Br)cc([C@@H](c2ccc(OC(F)(F)F)cc2)N2CCNCC2)c1. The van der Waals surface area contributed by atoms with Gasteiger partial charge in [0.15, 0.2) is 0 Å². The molecule has 0 bridgehead atoms. The predicted octanol–water partition coefficient (Wildman–Crippen LogP) is 4.48. The molecule has 26 heavy (non-hydrogen) atoms. The van der Waals surface area contributed by atoms with Crippen molar-refractivity contribution in [1.82, 2.24) is 10.2 Å². The van der Waals surface area contributed by atoms with Gasteiger partial charge in [-0.15, -0.1) is 13.2 Å². The van der Waals surface area contributed by atoms with Crippen molar-refractivity contribution in [2.24, 2.45) is 0 Å². The van der Waals surface area contributed by atoms with E-state index in [-0.39, 0.29) is 17.6 Å².